The van der Waals surface area contributed by atoms with Crippen molar-refractivity contribution in [1.29, 1.82) is 0 Å². The van der Waals surface area contributed by atoms with Gasteiger partial charge in [-0.1, -0.05) is 6.92 Å². The van der Waals surface area contributed by atoms with E-state index in [-0.39, 0.29) is 12.5 Å². The first-order chi connectivity index (χ1) is 10.1. The maximum atomic E-state index is 12.2. The fourth-order valence-corrected chi connectivity index (χ4v) is 2.55. The molecule has 0 aliphatic rings. The minimum atomic E-state index is -0.432. The summed E-state index contributed by atoms with van der Waals surface area (Å²) in [7, 11) is 0. The molecule has 0 aromatic carbocycles. The van der Waals surface area contributed by atoms with E-state index < -0.39 is 5.54 Å². The topological polar surface area (TPSA) is 88.0 Å². The van der Waals surface area contributed by atoms with Gasteiger partial charge in [-0.05, 0) is 25.8 Å². The summed E-state index contributed by atoms with van der Waals surface area (Å²) >= 11 is 1.33. The fraction of sp³-hybridized carbons (Fsp3) is 0.429. The fourth-order valence-electron chi connectivity index (χ4n) is 1.80. The van der Waals surface area contributed by atoms with E-state index in [1.54, 1.807) is 23.8 Å². The number of carbonyl (C=O) groups excluding carboxylic acids is 1. The summed E-state index contributed by atoms with van der Waals surface area (Å²) in [5.41, 5.74) is -0.0844. The molecule has 6 nitrogen and oxygen atoms in total. The zero-order valence-corrected chi connectivity index (χ0v) is 12.9. The average Bonchev–Trinajstić information content (AvgIpc) is 2.98. The van der Waals surface area contributed by atoms with Gasteiger partial charge in [-0.15, -0.1) is 11.3 Å². The first-order valence-electron chi connectivity index (χ1n) is 6.74. The van der Waals surface area contributed by atoms with Crippen LogP contribution in [0.2, 0.25) is 0 Å². The second-order valence-corrected chi connectivity index (χ2v) is 5.81. The van der Waals surface area contributed by atoms with E-state index in [1.807, 2.05) is 13.8 Å². The van der Waals surface area contributed by atoms with Gasteiger partial charge in [0.2, 0.25) is 0 Å². The molecule has 0 fully saturated rings. The van der Waals surface area contributed by atoms with Crippen LogP contribution < -0.4 is 5.32 Å². The molecular formula is C14H18N4O2S. The van der Waals surface area contributed by atoms with Gasteiger partial charge >= 0.3 is 0 Å². The van der Waals surface area contributed by atoms with Gasteiger partial charge in [0.25, 0.3) is 5.91 Å². The molecule has 0 radical (unpaired) electrons. The van der Waals surface area contributed by atoms with Gasteiger partial charge in [0.05, 0.1) is 0 Å². The number of thiazole rings is 1. The van der Waals surface area contributed by atoms with E-state index >= 15 is 0 Å². The monoisotopic (exact) mass is 306 g/mol. The zero-order valence-electron chi connectivity index (χ0n) is 12.0. The highest BCUT2D eigenvalue weighted by atomic mass is 32.1. The maximum Gasteiger partial charge on any atom is 0.271 e. The molecule has 0 aliphatic heterocycles. The Balaban J connectivity index is 2.12. The van der Waals surface area contributed by atoms with Gasteiger partial charge in [-0.2, -0.15) is 0 Å². The van der Waals surface area contributed by atoms with Gasteiger partial charge in [0.15, 0.2) is 10.8 Å². The number of hydrogen-bond donors (Lipinski definition) is 2. The smallest absolute Gasteiger partial charge is 0.271 e. The number of rotatable bonds is 6. The number of carbonyl (C=O) groups is 1. The first kappa shape index (κ1) is 15.5. The van der Waals surface area contributed by atoms with Crippen molar-refractivity contribution in [2.45, 2.75) is 32.2 Å². The third-order valence-electron chi connectivity index (χ3n) is 3.35. The highest BCUT2D eigenvalue weighted by Gasteiger charge is 2.25. The summed E-state index contributed by atoms with van der Waals surface area (Å²) in [6.07, 6.45) is 4.52. The van der Waals surface area contributed by atoms with Crippen molar-refractivity contribution in [3.8, 4) is 10.8 Å². The van der Waals surface area contributed by atoms with E-state index in [4.69, 9.17) is 5.11 Å². The maximum absolute atomic E-state index is 12.2. The first-order valence-corrected chi connectivity index (χ1v) is 7.62. The molecule has 21 heavy (non-hydrogen) atoms. The molecule has 1 unspecified atom stereocenters. The zero-order chi connectivity index (χ0) is 15.3. The molecule has 2 aromatic rings. The van der Waals surface area contributed by atoms with Crippen molar-refractivity contribution in [3.05, 3.63) is 29.5 Å². The van der Waals surface area contributed by atoms with Crippen LogP contribution in [0.4, 0.5) is 0 Å². The van der Waals surface area contributed by atoms with Crippen molar-refractivity contribution in [3.63, 3.8) is 0 Å². The van der Waals surface area contributed by atoms with Crippen LogP contribution in [-0.2, 0) is 0 Å². The average molecular weight is 306 g/mol. The van der Waals surface area contributed by atoms with Crippen LogP contribution in [0.15, 0.2) is 23.8 Å². The van der Waals surface area contributed by atoms with Crippen LogP contribution in [0.25, 0.3) is 10.8 Å². The number of amides is 1. The summed E-state index contributed by atoms with van der Waals surface area (Å²) in [5, 5.41) is 14.3. The predicted molar refractivity (Wildman–Crippen MR) is 81.0 cm³/mol. The van der Waals surface area contributed by atoms with Gasteiger partial charge in [0, 0.05) is 29.9 Å². The lowest BCUT2D eigenvalue weighted by Gasteiger charge is -2.28. The van der Waals surface area contributed by atoms with Crippen molar-refractivity contribution >= 4 is 17.2 Å². The second-order valence-electron chi connectivity index (χ2n) is 4.95. The number of aliphatic hydroxyl groups excluding tert-OH is 1. The van der Waals surface area contributed by atoms with E-state index in [0.29, 0.717) is 22.9 Å². The van der Waals surface area contributed by atoms with Crippen LogP contribution in [0.5, 0.6) is 0 Å². The molecule has 2 N–H and O–H groups in total. The molecule has 0 saturated carbocycles. The number of aromatic nitrogens is 3. The highest BCUT2D eigenvalue weighted by Crippen LogP contribution is 2.21. The summed E-state index contributed by atoms with van der Waals surface area (Å²) < 4.78 is 0. The lowest BCUT2D eigenvalue weighted by molar-refractivity contribution is 0.0882. The Labute approximate surface area is 127 Å². The number of nitrogens with zero attached hydrogens (tertiary/aromatic N) is 3. The minimum absolute atomic E-state index is 0.0325. The SMILES string of the molecule is CCC(C)(CCO)NC(=O)c1csc(-c2ncccn2)n1. The van der Waals surface area contributed by atoms with E-state index in [0.717, 1.165) is 6.42 Å². The van der Waals surface area contributed by atoms with E-state index in [9.17, 15) is 4.79 Å². The third kappa shape index (κ3) is 3.83. The van der Waals surface area contributed by atoms with Crippen molar-refractivity contribution in [2.75, 3.05) is 6.61 Å². The Morgan fingerprint density at radius 3 is 2.76 bits per heavy atom. The normalized spacial score (nSPS) is 13.7. The lowest BCUT2D eigenvalue weighted by Crippen LogP contribution is -2.46. The number of nitrogens with one attached hydrogen (secondary N) is 1. The molecule has 0 saturated heterocycles. The summed E-state index contributed by atoms with van der Waals surface area (Å²) in [5.74, 6) is 0.265. The summed E-state index contributed by atoms with van der Waals surface area (Å²) in [6.45, 7) is 3.92. The standard InChI is InChI=1S/C14H18N4O2S/c1-3-14(2,5-8-19)18-12(20)10-9-21-13(17-10)11-15-6-4-7-16-11/h4,6-7,9,19H,3,5,8H2,1-2H3,(H,18,20). The van der Waals surface area contributed by atoms with Crippen LogP contribution in [0.1, 0.15) is 37.2 Å². The molecule has 2 heterocycles. The molecule has 112 valence electrons. The molecule has 2 aromatic heterocycles. The van der Waals surface area contributed by atoms with E-state index in [1.165, 1.54) is 11.3 Å². The predicted octanol–water partition coefficient (Wildman–Crippen LogP) is 1.88. The molecule has 1 amide bonds. The van der Waals surface area contributed by atoms with E-state index in [2.05, 4.69) is 20.3 Å². The second kappa shape index (κ2) is 6.73. The quantitative estimate of drug-likeness (QED) is 0.850. The van der Waals surface area contributed by atoms with Gasteiger partial charge < -0.3 is 10.4 Å². The third-order valence-corrected chi connectivity index (χ3v) is 4.19. The Morgan fingerprint density at radius 1 is 1.43 bits per heavy atom. The number of hydrogen-bond acceptors (Lipinski definition) is 6. The van der Waals surface area contributed by atoms with Crippen molar-refractivity contribution < 1.29 is 9.90 Å². The molecule has 0 spiro atoms. The Bertz CT molecular complexity index is 602. The van der Waals surface area contributed by atoms with Gasteiger partial charge in [0.1, 0.15) is 5.69 Å². The lowest BCUT2D eigenvalue weighted by atomic mass is 9.95. The Hall–Kier alpha value is -1.86. The van der Waals surface area contributed by atoms with Crippen molar-refractivity contribution in [2.24, 2.45) is 0 Å². The van der Waals surface area contributed by atoms with Crippen LogP contribution in [0.3, 0.4) is 0 Å². The largest absolute Gasteiger partial charge is 0.396 e. The number of aliphatic hydroxyl groups is 1. The summed E-state index contributed by atoms with van der Waals surface area (Å²) in [4.78, 5) is 24.8. The van der Waals surface area contributed by atoms with Crippen LogP contribution in [0, 0.1) is 0 Å². The molecule has 0 aliphatic carbocycles. The highest BCUT2D eigenvalue weighted by molar-refractivity contribution is 7.13. The summed E-state index contributed by atoms with van der Waals surface area (Å²) in [6, 6.07) is 1.73. The van der Waals surface area contributed by atoms with Gasteiger partial charge in [-0.25, -0.2) is 15.0 Å². The molecule has 0 bridgehead atoms. The Morgan fingerprint density at radius 2 is 2.14 bits per heavy atom. The van der Waals surface area contributed by atoms with Crippen LogP contribution >= 0.6 is 11.3 Å². The minimum Gasteiger partial charge on any atom is -0.396 e. The molecular weight excluding hydrogens is 288 g/mol. The molecule has 2 rings (SSSR count). The van der Waals surface area contributed by atoms with Crippen molar-refractivity contribution in [1.82, 2.24) is 20.3 Å². The van der Waals surface area contributed by atoms with Gasteiger partial charge in [-0.3, -0.25) is 4.79 Å². The molecule has 1 atom stereocenters. The Kier molecular flexibility index (Phi) is 4.98. The van der Waals surface area contributed by atoms with Crippen LogP contribution in [-0.4, -0.2) is 38.1 Å². The molecule has 7 heteroatoms.